The summed E-state index contributed by atoms with van der Waals surface area (Å²) in [5, 5.41) is 12.2. The van der Waals surface area contributed by atoms with Gasteiger partial charge < -0.3 is 5.32 Å². The van der Waals surface area contributed by atoms with E-state index in [9.17, 15) is 4.79 Å². The van der Waals surface area contributed by atoms with Crippen LogP contribution in [-0.2, 0) is 4.79 Å². The van der Waals surface area contributed by atoms with Crippen molar-refractivity contribution in [3.63, 3.8) is 0 Å². The maximum absolute atomic E-state index is 12.2. The Morgan fingerprint density at radius 2 is 2.09 bits per heavy atom. The molecule has 0 aliphatic rings. The normalized spacial score (nSPS) is 11.5. The molecule has 0 aliphatic carbocycles. The Morgan fingerprint density at radius 1 is 1.32 bits per heavy atom. The number of anilines is 1. The first-order valence-corrected chi connectivity index (χ1v) is 7.66. The molecule has 0 radical (unpaired) electrons. The molecule has 2 aromatic rings. The van der Waals surface area contributed by atoms with E-state index in [1.165, 1.54) is 11.8 Å². The Morgan fingerprint density at radius 3 is 2.77 bits per heavy atom. The molecule has 22 heavy (non-hydrogen) atoms. The highest BCUT2D eigenvalue weighted by Gasteiger charge is 2.16. The number of benzene rings is 1. The summed E-state index contributed by atoms with van der Waals surface area (Å²) < 4.78 is 0. The van der Waals surface area contributed by atoms with Crippen molar-refractivity contribution in [1.29, 1.82) is 5.26 Å². The number of carbonyl (C=O) groups excluding carboxylic acids is 1. The summed E-state index contributed by atoms with van der Waals surface area (Å²) in [7, 11) is 0. The van der Waals surface area contributed by atoms with Crippen molar-refractivity contribution in [3.8, 4) is 6.07 Å². The number of aryl methyl sites for hydroxylation is 2. The molecule has 0 saturated heterocycles. The van der Waals surface area contributed by atoms with Crippen molar-refractivity contribution in [1.82, 2.24) is 9.97 Å². The average molecular weight is 312 g/mol. The van der Waals surface area contributed by atoms with Crippen LogP contribution in [-0.4, -0.2) is 21.1 Å². The zero-order valence-corrected chi connectivity index (χ0v) is 13.4. The van der Waals surface area contributed by atoms with Gasteiger partial charge in [0, 0.05) is 11.4 Å². The van der Waals surface area contributed by atoms with Crippen LogP contribution < -0.4 is 5.32 Å². The first-order chi connectivity index (χ1) is 10.5. The lowest BCUT2D eigenvalue weighted by Crippen LogP contribution is -2.22. The standard InChI is InChI=1S/C16H16N4OS/c1-10-7-15(19-12(3)18-10)22-11(2)16(21)20-14-6-4-5-13(8-14)9-17/h4-8,11H,1-3H3,(H,20,21). The van der Waals surface area contributed by atoms with E-state index in [0.717, 1.165) is 10.7 Å². The van der Waals surface area contributed by atoms with Gasteiger partial charge in [-0.2, -0.15) is 5.26 Å². The Bertz CT molecular complexity index is 719. The van der Waals surface area contributed by atoms with E-state index < -0.39 is 0 Å². The fraction of sp³-hybridized carbons (Fsp3) is 0.250. The molecule has 5 nitrogen and oxygen atoms in total. The van der Waals surface area contributed by atoms with Gasteiger partial charge in [-0.05, 0) is 45.0 Å². The molecule has 1 aromatic carbocycles. The first-order valence-electron chi connectivity index (χ1n) is 6.78. The molecule has 1 heterocycles. The van der Waals surface area contributed by atoms with Gasteiger partial charge in [0.15, 0.2) is 0 Å². The van der Waals surface area contributed by atoms with Crippen molar-refractivity contribution >= 4 is 23.4 Å². The Labute approximate surface area is 133 Å². The van der Waals surface area contributed by atoms with Crippen LogP contribution in [0.2, 0.25) is 0 Å². The molecule has 2 rings (SSSR count). The molecular formula is C16H16N4OS. The molecule has 1 aromatic heterocycles. The molecule has 0 bridgehead atoms. The number of carbonyl (C=O) groups is 1. The summed E-state index contributed by atoms with van der Waals surface area (Å²) in [6.07, 6.45) is 0. The Kier molecular flexibility index (Phi) is 5.12. The first kappa shape index (κ1) is 16.0. The Balaban J connectivity index is 2.04. The van der Waals surface area contributed by atoms with Gasteiger partial charge in [0.1, 0.15) is 10.9 Å². The monoisotopic (exact) mass is 312 g/mol. The van der Waals surface area contributed by atoms with Crippen molar-refractivity contribution < 1.29 is 4.79 Å². The second-order valence-electron chi connectivity index (χ2n) is 4.84. The van der Waals surface area contributed by atoms with Crippen LogP contribution in [0.25, 0.3) is 0 Å². The van der Waals surface area contributed by atoms with Gasteiger partial charge in [0.25, 0.3) is 0 Å². The lowest BCUT2D eigenvalue weighted by Gasteiger charge is -2.12. The SMILES string of the molecule is Cc1cc(SC(C)C(=O)Nc2cccc(C#N)c2)nc(C)n1. The van der Waals surface area contributed by atoms with Gasteiger partial charge in [0.05, 0.1) is 16.9 Å². The molecular weight excluding hydrogens is 296 g/mol. The number of nitrogens with one attached hydrogen (secondary N) is 1. The fourth-order valence-electron chi connectivity index (χ4n) is 1.89. The summed E-state index contributed by atoms with van der Waals surface area (Å²) in [6.45, 7) is 5.55. The molecule has 1 N–H and O–H groups in total. The van der Waals surface area contributed by atoms with E-state index in [1.54, 1.807) is 24.3 Å². The highest BCUT2D eigenvalue weighted by atomic mass is 32.2. The molecule has 0 saturated carbocycles. The maximum Gasteiger partial charge on any atom is 0.237 e. The summed E-state index contributed by atoms with van der Waals surface area (Å²) in [4.78, 5) is 20.8. The van der Waals surface area contributed by atoms with Crippen molar-refractivity contribution in [3.05, 3.63) is 47.4 Å². The van der Waals surface area contributed by atoms with Crippen molar-refractivity contribution in [2.24, 2.45) is 0 Å². The van der Waals surface area contributed by atoms with Crippen LogP contribution in [0.15, 0.2) is 35.4 Å². The summed E-state index contributed by atoms with van der Waals surface area (Å²) in [5.74, 6) is 0.561. The third-order valence-electron chi connectivity index (χ3n) is 2.87. The average Bonchev–Trinajstić information content (AvgIpc) is 2.46. The molecule has 0 fully saturated rings. The number of nitrogens with zero attached hydrogens (tertiary/aromatic N) is 3. The number of amides is 1. The van der Waals surface area contributed by atoms with Crippen LogP contribution in [0.4, 0.5) is 5.69 Å². The lowest BCUT2D eigenvalue weighted by atomic mass is 10.2. The van der Waals surface area contributed by atoms with Crippen LogP contribution in [0.1, 0.15) is 24.0 Å². The molecule has 6 heteroatoms. The second-order valence-corrected chi connectivity index (χ2v) is 6.20. The number of nitriles is 1. The summed E-state index contributed by atoms with van der Waals surface area (Å²) in [6, 6.07) is 10.7. The highest BCUT2D eigenvalue weighted by Crippen LogP contribution is 2.23. The number of hydrogen-bond acceptors (Lipinski definition) is 5. The predicted octanol–water partition coefficient (Wildman–Crippen LogP) is 3.08. The third-order valence-corrected chi connectivity index (χ3v) is 3.89. The van der Waals surface area contributed by atoms with E-state index in [-0.39, 0.29) is 11.2 Å². The van der Waals surface area contributed by atoms with Crippen LogP contribution >= 0.6 is 11.8 Å². The lowest BCUT2D eigenvalue weighted by molar-refractivity contribution is -0.115. The third kappa shape index (κ3) is 4.30. The minimum Gasteiger partial charge on any atom is -0.325 e. The van der Waals surface area contributed by atoms with Crippen molar-refractivity contribution in [2.75, 3.05) is 5.32 Å². The largest absolute Gasteiger partial charge is 0.325 e. The highest BCUT2D eigenvalue weighted by molar-refractivity contribution is 8.00. The van der Waals surface area contributed by atoms with E-state index in [2.05, 4.69) is 15.3 Å². The smallest absolute Gasteiger partial charge is 0.237 e. The molecule has 112 valence electrons. The second kappa shape index (κ2) is 7.05. The minimum absolute atomic E-state index is 0.131. The summed E-state index contributed by atoms with van der Waals surface area (Å²) in [5.41, 5.74) is 2.01. The van der Waals surface area contributed by atoms with Gasteiger partial charge >= 0.3 is 0 Å². The van der Waals surface area contributed by atoms with E-state index >= 15 is 0 Å². The van der Waals surface area contributed by atoms with Crippen LogP contribution in [0, 0.1) is 25.2 Å². The Hall–Kier alpha value is -2.39. The molecule has 1 atom stereocenters. The van der Waals surface area contributed by atoms with Gasteiger partial charge in [-0.3, -0.25) is 4.79 Å². The number of rotatable bonds is 4. The fourth-order valence-corrected chi connectivity index (χ4v) is 2.84. The van der Waals surface area contributed by atoms with E-state index in [1.807, 2.05) is 32.9 Å². The minimum atomic E-state index is -0.306. The number of hydrogen-bond donors (Lipinski definition) is 1. The number of aromatic nitrogens is 2. The maximum atomic E-state index is 12.2. The van der Waals surface area contributed by atoms with E-state index in [0.29, 0.717) is 17.1 Å². The molecule has 1 amide bonds. The van der Waals surface area contributed by atoms with Gasteiger partial charge in [0.2, 0.25) is 5.91 Å². The van der Waals surface area contributed by atoms with Crippen LogP contribution in [0.3, 0.4) is 0 Å². The predicted molar refractivity (Wildman–Crippen MR) is 86.6 cm³/mol. The van der Waals surface area contributed by atoms with Gasteiger partial charge in [-0.15, -0.1) is 0 Å². The molecule has 0 aliphatic heterocycles. The zero-order chi connectivity index (χ0) is 16.1. The molecule has 1 unspecified atom stereocenters. The topological polar surface area (TPSA) is 78.7 Å². The molecule has 0 spiro atoms. The van der Waals surface area contributed by atoms with Gasteiger partial charge in [-0.25, -0.2) is 9.97 Å². The number of thioether (sulfide) groups is 1. The summed E-state index contributed by atoms with van der Waals surface area (Å²) >= 11 is 1.38. The quantitative estimate of drug-likeness (QED) is 0.693. The van der Waals surface area contributed by atoms with Gasteiger partial charge in [-0.1, -0.05) is 17.8 Å². The van der Waals surface area contributed by atoms with Crippen molar-refractivity contribution in [2.45, 2.75) is 31.0 Å². The zero-order valence-electron chi connectivity index (χ0n) is 12.6. The van der Waals surface area contributed by atoms with Crippen LogP contribution in [0.5, 0.6) is 0 Å². The van der Waals surface area contributed by atoms with E-state index in [4.69, 9.17) is 5.26 Å².